The summed E-state index contributed by atoms with van der Waals surface area (Å²) in [6, 6.07) is 10.9. The summed E-state index contributed by atoms with van der Waals surface area (Å²) >= 11 is 0. The molecular weight excluding hydrogens is 259 g/mol. The van der Waals surface area contributed by atoms with Crippen LogP contribution < -0.4 is 10.6 Å². The largest absolute Gasteiger partial charge is 0.508 e. The maximum absolute atomic E-state index is 13.1. The Bertz CT molecular complexity index is 612. The van der Waals surface area contributed by atoms with Crippen molar-refractivity contribution in [1.29, 1.82) is 0 Å². The van der Waals surface area contributed by atoms with E-state index in [2.05, 4.69) is 10.6 Å². The highest BCUT2D eigenvalue weighted by molar-refractivity contribution is 5.88. The molecule has 4 nitrogen and oxygen atoms in total. The third-order valence-corrected chi connectivity index (χ3v) is 2.73. The predicted molar refractivity (Wildman–Crippen MR) is 76.1 cm³/mol. The fraction of sp³-hybridized carbons (Fsp3) is 0.133. The van der Waals surface area contributed by atoms with E-state index in [1.54, 1.807) is 24.3 Å². The van der Waals surface area contributed by atoms with Crippen molar-refractivity contribution < 1.29 is 14.3 Å². The maximum atomic E-state index is 13.1. The number of aromatic hydroxyl groups is 1. The Morgan fingerprint density at radius 2 is 1.80 bits per heavy atom. The highest BCUT2D eigenvalue weighted by Crippen LogP contribution is 2.20. The normalized spacial score (nSPS) is 10.1. The molecule has 0 aliphatic carbocycles. The summed E-state index contributed by atoms with van der Waals surface area (Å²) in [5.41, 5.74) is 2.00. The van der Waals surface area contributed by atoms with Gasteiger partial charge in [0.2, 0.25) is 5.91 Å². The van der Waals surface area contributed by atoms with Crippen molar-refractivity contribution in [3.05, 3.63) is 53.8 Å². The number of carbonyl (C=O) groups excluding carboxylic acids is 1. The van der Waals surface area contributed by atoms with Crippen LogP contribution in [0.5, 0.6) is 5.75 Å². The number of anilines is 2. The lowest BCUT2D eigenvalue weighted by molar-refractivity contribution is -0.114. The first-order chi connectivity index (χ1) is 9.54. The summed E-state index contributed by atoms with van der Waals surface area (Å²) in [5.74, 6) is -0.468. The lowest BCUT2D eigenvalue weighted by Crippen LogP contribution is -2.05. The molecular formula is C15H15FN2O2. The van der Waals surface area contributed by atoms with Gasteiger partial charge in [-0.25, -0.2) is 4.39 Å². The number of hydrogen-bond donors (Lipinski definition) is 3. The van der Waals surface area contributed by atoms with Gasteiger partial charge in [-0.3, -0.25) is 4.79 Å². The molecule has 0 radical (unpaired) electrons. The van der Waals surface area contributed by atoms with E-state index < -0.39 is 0 Å². The zero-order chi connectivity index (χ0) is 14.5. The van der Waals surface area contributed by atoms with Gasteiger partial charge in [-0.05, 0) is 42.5 Å². The number of carbonyl (C=O) groups is 1. The van der Waals surface area contributed by atoms with E-state index in [-0.39, 0.29) is 17.5 Å². The zero-order valence-corrected chi connectivity index (χ0v) is 11.0. The smallest absolute Gasteiger partial charge is 0.221 e. The van der Waals surface area contributed by atoms with Crippen LogP contribution in [0.4, 0.5) is 15.8 Å². The van der Waals surface area contributed by atoms with E-state index in [0.29, 0.717) is 17.8 Å². The standard InChI is InChI=1S/C15H15FN2O2/c1-10(19)18-14-5-3-13(4-6-14)17-9-11-8-12(16)2-7-15(11)20/h2-8,17,20H,9H2,1H3,(H,18,19). The fourth-order valence-corrected chi connectivity index (χ4v) is 1.77. The third-order valence-electron chi connectivity index (χ3n) is 2.73. The molecule has 0 aliphatic rings. The third kappa shape index (κ3) is 3.71. The van der Waals surface area contributed by atoms with Crippen molar-refractivity contribution in [2.24, 2.45) is 0 Å². The van der Waals surface area contributed by atoms with E-state index in [0.717, 1.165) is 5.69 Å². The topological polar surface area (TPSA) is 61.4 Å². The second kappa shape index (κ2) is 6.06. The van der Waals surface area contributed by atoms with Crippen LogP contribution in [0.25, 0.3) is 0 Å². The molecule has 104 valence electrons. The van der Waals surface area contributed by atoms with Crippen LogP contribution in [0.15, 0.2) is 42.5 Å². The number of nitrogens with one attached hydrogen (secondary N) is 2. The average molecular weight is 274 g/mol. The number of benzene rings is 2. The van der Waals surface area contributed by atoms with Crippen LogP contribution in [0, 0.1) is 5.82 Å². The Hall–Kier alpha value is -2.56. The maximum Gasteiger partial charge on any atom is 0.221 e. The lowest BCUT2D eigenvalue weighted by Gasteiger charge is -2.09. The molecule has 2 aromatic rings. The molecule has 0 heterocycles. The van der Waals surface area contributed by atoms with E-state index >= 15 is 0 Å². The van der Waals surface area contributed by atoms with Gasteiger partial charge >= 0.3 is 0 Å². The van der Waals surface area contributed by atoms with E-state index in [9.17, 15) is 14.3 Å². The summed E-state index contributed by atoms with van der Waals surface area (Å²) in [6.45, 7) is 1.75. The summed E-state index contributed by atoms with van der Waals surface area (Å²) in [5, 5.41) is 15.3. The van der Waals surface area contributed by atoms with Crippen molar-refractivity contribution in [3.63, 3.8) is 0 Å². The van der Waals surface area contributed by atoms with Crippen molar-refractivity contribution in [1.82, 2.24) is 0 Å². The Balaban J connectivity index is 2.00. The van der Waals surface area contributed by atoms with Crippen molar-refractivity contribution in [2.75, 3.05) is 10.6 Å². The minimum absolute atomic E-state index is 0.0498. The molecule has 2 rings (SSSR count). The molecule has 20 heavy (non-hydrogen) atoms. The first-order valence-electron chi connectivity index (χ1n) is 6.13. The molecule has 0 unspecified atom stereocenters. The van der Waals surface area contributed by atoms with Gasteiger partial charge in [0, 0.05) is 30.4 Å². The molecule has 5 heteroatoms. The second-order valence-electron chi connectivity index (χ2n) is 4.39. The number of rotatable bonds is 4. The van der Waals surface area contributed by atoms with Crippen molar-refractivity contribution in [3.8, 4) is 5.75 Å². The van der Waals surface area contributed by atoms with E-state index in [4.69, 9.17) is 0 Å². The SMILES string of the molecule is CC(=O)Nc1ccc(NCc2cc(F)ccc2O)cc1. The van der Waals surface area contributed by atoms with Crippen LogP contribution in [-0.2, 0) is 11.3 Å². The molecule has 0 aromatic heterocycles. The second-order valence-corrected chi connectivity index (χ2v) is 4.39. The van der Waals surface area contributed by atoms with Gasteiger partial charge in [0.25, 0.3) is 0 Å². The van der Waals surface area contributed by atoms with Gasteiger partial charge in [0.15, 0.2) is 0 Å². The van der Waals surface area contributed by atoms with Gasteiger partial charge in [0.05, 0.1) is 0 Å². The summed E-state index contributed by atoms with van der Waals surface area (Å²) in [7, 11) is 0. The van der Waals surface area contributed by atoms with Gasteiger partial charge < -0.3 is 15.7 Å². The van der Waals surface area contributed by atoms with Crippen LogP contribution in [0.2, 0.25) is 0 Å². The molecule has 0 fully saturated rings. The van der Waals surface area contributed by atoms with Crippen molar-refractivity contribution in [2.45, 2.75) is 13.5 Å². The van der Waals surface area contributed by atoms with Crippen LogP contribution in [0.3, 0.4) is 0 Å². The zero-order valence-electron chi connectivity index (χ0n) is 11.0. The van der Waals surface area contributed by atoms with Crippen LogP contribution in [-0.4, -0.2) is 11.0 Å². The molecule has 0 bridgehead atoms. The minimum Gasteiger partial charge on any atom is -0.508 e. The molecule has 2 aromatic carbocycles. The fourth-order valence-electron chi connectivity index (χ4n) is 1.77. The number of phenolic OH excluding ortho intramolecular Hbond substituents is 1. The number of halogens is 1. The highest BCUT2D eigenvalue weighted by atomic mass is 19.1. The lowest BCUT2D eigenvalue weighted by atomic mass is 10.2. The van der Waals surface area contributed by atoms with Crippen LogP contribution >= 0.6 is 0 Å². The Morgan fingerprint density at radius 3 is 2.45 bits per heavy atom. The van der Waals surface area contributed by atoms with E-state index in [1.807, 2.05) is 0 Å². The highest BCUT2D eigenvalue weighted by Gasteiger charge is 2.03. The predicted octanol–water partition coefficient (Wildman–Crippen LogP) is 3.10. The molecule has 3 N–H and O–H groups in total. The molecule has 0 spiro atoms. The number of amides is 1. The molecule has 1 amide bonds. The molecule has 0 saturated carbocycles. The average Bonchev–Trinajstić information content (AvgIpc) is 2.41. The van der Waals surface area contributed by atoms with Crippen LogP contribution in [0.1, 0.15) is 12.5 Å². The Morgan fingerprint density at radius 1 is 1.15 bits per heavy atom. The number of hydrogen-bond acceptors (Lipinski definition) is 3. The summed E-state index contributed by atoms with van der Waals surface area (Å²) in [6.07, 6.45) is 0. The quantitative estimate of drug-likeness (QED) is 0.802. The Labute approximate surface area is 116 Å². The van der Waals surface area contributed by atoms with Gasteiger partial charge in [-0.2, -0.15) is 0 Å². The monoisotopic (exact) mass is 274 g/mol. The summed E-state index contributed by atoms with van der Waals surface area (Å²) in [4.78, 5) is 10.9. The molecule has 0 saturated heterocycles. The Kier molecular flexibility index (Phi) is 4.20. The van der Waals surface area contributed by atoms with Gasteiger partial charge in [0.1, 0.15) is 11.6 Å². The molecule has 0 atom stereocenters. The molecule has 0 aliphatic heterocycles. The number of phenols is 1. The first-order valence-corrected chi connectivity index (χ1v) is 6.13. The summed E-state index contributed by atoms with van der Waals surface area (Å²) < 4.78 is 13.1. The first kappa shape index (κ1) is 13.9. The van der Waals surface area contributed by atoms with Gasteiger partial charge in [-0.15, -0.1) is 0 Å². The van der Waals surface area contributed by atoms with E-state index in [1.165, 1.54) is 25.1 Å². The van der Waals surface area contributed by atoms with Crippen molar-refractivity contribution >= 4 is 17.3 Å². The minimum atomic E-state index is -0.388. The van der Waals surface area contributed by atoms with Gasteiger partial charge in [-0.1, -0.05) is 0 Å².